The maximum absolute atomic E-state index is 15.0. The lowest BCUT2D eigenvalue weighted by atomic mass is 9.75. The minimum absolute atomic E-state index is 0.0238. The molecule has 1 unspecified atom stereocenters. The summed E-state index contributed by atoms with van der Waals surface area (Å²) in [6.45, 7) is 3.12. The maximum Gasteiger partial charge on any atom is 0.283 e. The summed E-state index contributed by atoms with van der Waals surface area (Å²) in [6.07, 6.45) is 7.70. The molecular weight excluding hydrogens is 438 g/mol. The number of nitrogens with one attached hydrogen (secondary N) is 2. The van der Waals surface area contributed by atoms with Crippen molar-refractivity contribution < 1.29 is 13.6 Å². The molecular formula is C25H26F2N6O. The fourth-order valence-electron chi connectivity index (χ4n) is 5.09. The molecule has 9 heteroatoms. The first kappa shape index (κ1) is 22.3. The highest BCUT2D eigenvalue weighted by Crippen LogP contribution is 2.40. The molecule has 0 radical (unpaired) electrons. The minimum Gasteiger partial charge on any atom is -0.346 e. The Balaban J connectivity index is 1.32. The highest BCUT2D eigenvalue weighted by atomic mass is 19.3. The van der Waals surface area contributed by atoms with Gasteiger partial charge in [0.15, 0.2) is 0 Å². The van der Waals surface area contributed by atoms with E-state index in [-0.39, 0.29) is 24.1 Å². The summed E-state index contributed by atoms with van der Waals surface area (Å²) in [7, 11) is 0. The van der Waals surface area contributed by atoms with Gasteiger partial charge in [-0.25, -0.2) is 18.3 Å². The summed E-state index contributed by atoms with van der Waals surface area (Å²) < 4.78 is 31.7. The number of hydrogen-bond acceptors (Lipinski definition) is 5. The van der Waals surface area contributed by atoms with Crippen molar-refractivity contribution in [2.24, 2.45) is 0 Å². The number of aldehydes is 1. The zero-order chi connectivity index (χ0) is 23.8. The van der Waals surface area contributed by atoms with E-state index in [2.05, 4.69) is 32.2 Å². The highest BCUT2D eigenvalue weighted by molar-refractivity contribution is 5.92. The Bertz CT molecular complexity index is 1310. The third-order valence-corrected chi connectivity index (χ3v) is 7.12. The van der Waals surface area contributed by atoms with Gasteiger partial charge in [0.1, 0.15) is 29.2 Å². The van der Waals surface area contributed by atoms with Crippen LogP contribution in [0, 0.1) is 0 Å². The van der Waals surface area contributed by atoms with Gasteiger partial charge in [-0.2, -0.15) is 0 Å². The standard InChI is InChI=1S/C25H26F2N6O/c1-2-25(26,27)24(15-34,18-6-4-3-5-7-18)14-29-19-10-8-17(9-11-19)21-22-20-12-13-28-23(20)30-16-33(22)32-31-21/h2-7,12-13,15-17,19,28-29H,1,8-11,14H2. The average Bonchev–Trinajstić information content (AvgIpc) is 3.52. The molecule has 0 saturated heterocycles. The average molecular weight is 465 g/mol. The van der Waals surface area contributed by atoms with E-state index in [4.69, 9.17) is 0 Å². The smallest absolute Gasteiger partial charge is 0.283 e. The molecule has 1 fully saturated rings. The Morgan fingerprint density at radius 1 is 1.18 bits per heavy atom. The van der Waals surface area contributed by atoms with Crippen LogP contribution in [0.15, 0.2) is 61.6 Å². The van der Waals surface area contributed by atoms with E-state index in [1.165, 1.54) is 0 Å². The van der Waals surface area contributed by atoms with Crippen molar-refractivity contribution in [1.29, 1.82) is 0 Å². The number of H-pyrrole nitrogens is 1. The number of halogens is 2. The Morgan fingerprint density at radius 3 is 2.65 bits per heavy atom. The molecule has 1 saturated carbocycles. The van der Waals surface area contributed by atoms with Crippen molar-refractivity contribution in [3.05, 3.63) is 72.8 Å². The molecule has 7 nitrogen and oxygen atoms in total. The van der Waals surface area contributed by atoms with Crippen LogP contribution in [0.25, 0.3) is 16.6 Å². The molecule has 1 atom stereocenters. The number of fused-ring (bicyclic) bond motifs is 3. The van der Waals surface area contributed by atoms with Gasteiger partial charge >= 0.3 is 0 Å². The van der Waals surface area contributed by atoms with Gasteiger partial charge in [-0.05, 0) is 43.4 Å². The molecule has 4 aromatic rings. The van der Waals surface area contributed by atoms with Gasteiger partial charge in [0.2, 0.25) is 0 Å². The van der Waals surface area contributed by atoms with E-state index < -0.39 is 11.3 Å². The third-order valence-electron chi connectivity index (χ3n) is 7.12. The molecule has 1 aliphatic carbocycles. The van der Waals surface area contributed by atoms with Crippen LogP contribution >= 0.6 is 0 Å². The summed E-state index contributed by atoms with van der Waals surface area (Å²) >= 11 is 0. The fourth-order valence-corrected chi connectivity index (χ4v) is 5.09. The predicted octanol–water partition coefficient (Wildman–Crippen LogP) is 4.18. The number of allylic oxidation sites excluding steroid dienone is 1. The summed E-state index contributed by atoms with van der Waals surface area (Å²) in [5, 5.41) is 12.9. The van der Waals surface area contributed by atoms with Gasteiger partial charge in [0.05, 0.1) is 5.69 Å². The highest BCUT2D eigenvalue weighted by Gasteiger charge is 2.53. The summed E-state index contributed by atoms with van der Waals surface area (Å²) in [5.74, 6) is -3.17. The molecule has 3 aromatic heterocycles. The topological polar surface area (TPSA) is 88.0 Å². The predicted molar refractivity (Wildman–Crippen MR) is 125 cm³/mol. The van der Waals surface area contributed by atoms with E-state index in [0.29, 0.717) is 12.4 Å². The number of rotatable bonds is 8. The van der Waals surface area contributed by atoms with E-state index in [9.17, 15) is 13.6 Å². The Labute approximate surface area is 195 Å². The van der Waals surface area contributed by atoms with Crippen LogP contribution in [0.1, 0.15) is 42.9 Å². The van der Waals surface area contributed by atoms with Crippen LogP contribution in [-0.4, -0.2) is 49.6 Å². The second-order valence-electron chi connectivity index (χ2n) is 8.96. The molecule has 0 aliphatic heterocycles. The first-order valence-electron chi connectivity index (χ1n) is 11.4. The van der Waals surface area contributed by atoms with Crippen LogP contribution in [0.5, 0.6) is 0 Å². The van der Waals surface area contributed by atoms with Crippen molar-refractivity contribution in [3.8, 4) is 0 Å². The number of carbonyl (C=O) groups is 1. The largest absolute Gasteiger partial charge is 0.346 e. The lowest BCUT2D eigenvalue weighted by Gasteiger charge is -2.37. The SMILES string of the molecule is C=CC(F)(F)C(C=O)(CNC1CCC(c2nnn3cnc4[nH]ccc4c23)CC1)c1ccccc1. The molecule has 2 N–H and O–H groups in total. The van der Waals surface area contributed by atoms with Gasteiger partial charge in [-0.15, -0.1) is 5.10 Å². The molecule has 0 bridgehead atoms. The van der Waals surface area contributed by atoms with E-state index in [1.54, 1.807) is 41.2 Å². The normalized spacial score (nSPS) is 20.9. The van der Waals surface area contributed by atoms with E-state index in [0.717, 1.165) is 47.9 Å². The Morgan fingerprint density at radius 2 is 1.94 bits per heavy atom. The monoisotopic (exact) mass is 464 g/mol. The quantitative estimate of drug-likeness (QED) is 0.302. The molecule has 5 rings (SSSR count). The van der Waals surface area contributed by atoms with E-state index in [1.807, 2.05) is 12.3 Å². The number of benzene rings is 1. The first-order chi connectivity index (χ1) is 16.5. The van der Waals surface area contributed by atoms with Gasteiger partial charge in [0.25, 0.3) is 5.92 Å². The van der Waals surface area contributed by atoms with Gasteiger partial charge in [-0.3, -0.25) is 0 Å². The van der Waals surface area contributed by atoms with Gasteiger partial charge in [-0.1, -0.05) is 42.1 Å². The second kappa shape index (κ2) is 8.72. The fraction of sp³-hybridized carbons (Fsp3) is 0.360. The number of carbonyl (C=O) groups excluding carboxylic acids is 1. The number of alkyl halides is 2. The van der Waals surface area contributed by atoms with Crippen molar-refractivity contribution in [1.82, 2.24) is 30.1 Å². The Hall–Kier alpha value is -3.46. The lowest BCUT2D eigenvalue weighted by Crippen LogP contribution is -2.54. The molecule has 34 heavy (non-hydrogen) atoms. The number of aromatic nitrogens is 5. The minimum atomic E-state index is -3.39. The lowest BCUT2D eigenvalue weighted by molar-refractivity contribution is -0.124. The summed E-state index contributed by atoms with van der Waals surface area (Å²) in [4.78, 5) is 19.6. The first-order valence-corrected chi connectivity index (χ1v) is 11.4. The van der Waals surface area contributed by atoms with Crippen LogP contribution in [0.2, 0.25) is 0 Å². The second-order valence-corrected chi connectivity index (χ2v) is 8.96. The van der Waals surface area contributed by atoms with Crippen LogP contribution in [0.3, 0.4) is 0 Å². The van der Waals surface area contributed by atoms with Gasteiger partial charge < -0.3 is 15.1 Å². The molecule has 1 aliphatic rings. The van der Waals surface area contributed by atoms with Crippen LogP contribution < -0.4 is 5.32 Å². The maximum atomic E-state index is 15.0. The van der Waals surface area contributed by atoms with Gasteiger partial charge in [0, 0.05) is 30.1 Å². The number of hydrogen-bond donors (Lipinski definition) is 2. The number of aromatic amines is 1. The Kier molecular flexibility index (Phi) is 5.73. The molecule has 3 heterocycles. The van der Waals surface area contributed by atoms with Crippen molar-refractivity contribution in [2.45, 2.75) is 49.0 Å². The van der Waals surface area contributed by atoms with Crippen molar-refractivity contribution >= 4 is 22.8 Å². The number of nitrogens with zero attached hydrogens (tertiary/aromatic N) is 4. The zero-order valence-corrected chi connectivity index (χ0v) is 18.6. The van der Waals surface area contributed by atoms with Crippen molar-refractivity contribution in [3.63, 3.8) is 0 Å². The van der Waals surface area contributed by atoms with Crippen LogP contribution in [0.4, 0.5) is 8.78 Å². The van der Waals surface area contributed by atoms with E-state index >= 15 is 0 Å². The molecule has 176 valence electrons. The molecule has 0 amide bonds. The van der Waals surface area contributed by atoms with Crippen molar-refractivity contribution in [2.75, 3.05) is 6.54 Å². The molecule has 0 spiro atoms. The third kappa shape index (κ3) is 3.60. The summed E-state index contributed by atoms with van der Waals surface area (Å²) in [5.41, 5.74) is 0.952. The zero-order valence-electron chi connectivity index (χ0n) is 18.6. The van der Waals surface area contributed by atoms with Crippen LogP contribution in [-0.2, 0) is 10.2 Å². The summed E-state index contributed by atoms with van der Waals surface area (Å²) in [6, 6.07) is 10.2. The molecule has 1 aromatic carbocycles.